The third-order valence-corrected chi connectivity index (χ3v) is 3.07. The average molecular weight is 183 g/mol. The predicted octanol–water partition coefficient (Wildman–Crippen LogP) is 1.03. The van der Waals surface area contributed by atoms with Gasteiger partial charge in [0, 0.05) is 19.7 Å². The van der Waals surface area contributed by atoms with Crippen LogP contribution in [0.1, 0.15) is 26.2 Å². The fraction of sp³-hybridized carbons (Fsp3) is 0.900. The Hall–Kier alpha value is -0.570. The number of nitrogens with zero attached hydrogens (tertiary/aromatic N) is 1. The summed E-state index contributed by atoms with van der Waals surface area (Å²) in [5.74, 6) is 0.584. The van der Waals surface area contributed by atoms with Crippen molar-refractivity contribution < 1.29 is 9.53 Å². The molecule has 1 saturated carbocycles. The van der Waals surface area contributed by atoms with E-state index in [1.54, 1.807) is 0 Å². The summed E-state index contributed by atoms with van der Waals surface area (Å²) in [6, 6.07) is 0.504. The molecule has 1 amide bonds. The predicted molar refractivity (Wildman–Crippen MR) is 49.3 cm³/mol. The highest BCUT2D eigenvalue weighted by Crippen LogP contribution is 2.29. The Morgan fingerprint density at radius 2 is 2.08 bits per heavy atom. The standard InChI is InChI=1S/C10H17NO2/c1-7-5-6-13-9(7)10(12)11(2)8-3-4-8/h7-9H,3-6H2,1-2H3. The van der Waals surface area contributed by atoms with Gasteiger partial charge in [0.1, 0.15) is 6.10 Å². The number of ether oxygens (including phenoxy) is 1. The van der Waals surface area contributed by atoms with Crippen LogP contribution in [0.4, 0.5) is 0 Å². The number of hydrogen-bond donors (Lipinski definition) is 0. The minimum Gasteiger partial charge on any atom is -0.368 e. The molecule has 3 heteroatoms. The Kier molecular flexibility index (Phi) is 2.28. The van der Waals surface area contributed by atoms with Gasteiger partial charge < -0.3 is 9.64 Å². The van der Waals surface area contributed by atoms with Gasteiger partial charge in [0.2, 0.25) is 0 Å². The zero-order valence-electron chi connectivity index (χ0n) is 8.32. The molecular formula is C10H17NO2. The van der Waals surface area contributed by atoms with Gasteiger partial charge in [-0.3, -0.25) is 4.79 Å². The molecule has 0 aromatic rings. The lowest BCUT2D eigenvalue weighted by Crippen LogP contribution is -2.39. The minimum atomic E-state index is -0.161. The fourth-order valence-electron chi connectivity index (χ4n) is 1.85. The monoisotopic (exact) mass is 183 g/mol. The van der Waals surface area contributed by atoms with Crippen molar-refractivity contribution in [1.29, 1.82) is 0 Å². The number of amides is 1. The number of likely N-dealkylation sites (N-methyl/N-ethyl adjacent to an activating group) is 1. The summed E-state index contributed by atoms with van der Waals surface area (Å²) in [5, 5.41) is 0. The molecule has 2 unspecified atom stereocenters. The Bertz CT molecular complexity index is 213. The highest BCUT2D eigenvalue weighted by molar-refractivity contribution is 5.81. The van der Waals surface area contributed by atoms with Gasteiger partial charge in [0.25, 0.3) is 5.91 Å². The summed E-state index contributed by atoms with van der Waals surface area (Å²) in [7, 11) is 1.90. The van der Waals surface area contributed by atoms with Crippen molar-refractivity contribution in [3.63, 3.8) is 0 Å². The molecule has 2 fully saturated rings. The Balaban J connectivity index is 1.94. The zero-order chi connectivity index (χ0) is 9.42. The van der Waals surface area contributed by atoms with Crippen LogP contribution in [-0.4, -0.2) is 36.6 Å². The van der Waals surface area contributed by atoms with E-state index in [2.05, 4.69) is 6.92 Å². The Morgan fingerprint density at radius 3 is 2.54 bits per heavy atom. The van der Waals surface area contributed by atoms with Crippen LogP contribution in [0.3, 0.4) is 0 Å². The second-order valence-corrected chi connectivity index (χ2v) is 4.24. The average Bonchev–Trinajstić information content (AvgIpc) is 2.87. The summed E-state index contributed by atoms with van der Waals surface area (Å²) >= 11 is 0. The molecule has 2 atom stereocenters. The third kappa shape index (κ3) is 1.70. The second-order valence-electron chi connectivity index (χ2n) is 4.24. The van der Waals surface area contributed by atoms with Gasteiger partial charge in [-0.25, -0.2) is 0 Å². The van der Waals surface area contributed by atoms with Crippen LogP contribution < -0.4 is 0 Å². The molecule has 0 N–H and O–H groups in total. The smallest absolute Gasteiger partial charge is 0.251 e. The molecule has 0 spiro atoms. The summed E-state index contributed by atoms with van der Waals surface area (Å²) in [6.07, 6.45) is 3.20. The van der Waals surface area contributed by atoms with E-state index < -0.39 is 0 Å². The first kappa shape index (κ1) is 9.00. The van der Waals surface area contributed by atoms with Crippen LogP contribution in [-0.2, 0) is 9.53 Å². The molecule has 0 aromatic heterocycles. The topological polar surface area (TPSA) is 29.5 Å². The zero-order valence-corrected chi connectivity index (χ0v) is 8.32. The number of carbonyl (C=O) groups excluding carboxylic acids is 1. The SMILES string of the molecule is CC1CCOC1C(=O)N(C)C1CC1. The van der Waals surface area contributed by atoms with E-state index in [-0.39, 0.29) is 12.0 Å². The van der Waals surface area contributed by atoms with Gasteiger partial charge in [0.15, 0.2) is 0 Å². The normalized spacial score (nSPS) is 33.4. The van der Waals surface area contributed by atoms with Crippen LogP contribution in [0.5, 0.6) is 0 Å². The van der Waals surface area contributed by atoms with E-state index in [9.17, 15) is 4.79 Å². The quantitative estimate of drug-likeness (QED) is 0.640. The summed E-state index contributed by atoms with van der Waals surface area (Å²) < 4.78 is 5.43. The van der Waals surface area contributed by atoms with E-state index in [1.165, 1.54) is 12.8 Å². The molecular weight excluding hydrogens is 166 g/mol. The van der Waals surface area contributed by atoms with Gasteiger partial charge in [-0.1, -0.05) is 6.92 Å². The van der Waals surface area contributed by atoms with Crippen LogP contribution >= 0.6 is 0 Å². The summed E-state index contributed by atoms with van der Waals surface area (Å²) in [6.45, 7) is 2.84. The summed E-state index contributed by atoms with van der Waals surface area (Å²) in [4.78, 5) is 13.7. The lowest BCUT2D eigenvalue weighted by Gasteiger charge is -2.22. The molecule has 2 rings (SSSR count). The number of rotatable bonds is 2. The Morgan fingerprint density at radius 1 is 1.38 bits per heavy atom. The van der Waals surface area contributed by atoms with Gasteiger partial charge in [-0.05, 0) is 25.2 Å². The van der Waals surface area contributed by atoms with Crippen molar-refractivity contribution in [3.8, 4) is 0 Å². The van der Waals surface area contributed by atoms with Crippen molar-refractivity contribution >= 4 is 5.91 Å². The molecule has 3 nitrogen and oxygen atoms in total. The number of hydrogen-bond acceptors (Lipinski definition) is 2. The van der Waals surface area contributed by atoms with Crippen LogP contribution in [0, 0.1) is 5.92 Å². The Labute approximate surface area is 79.0 Å². The van der Waals surface area contributed by atoms with Gasteiger partial charge in [-0.15, -0.1) is 0 Å². The van der Waals surface area contributed by atoms with Crippen molar-refractivity contribution in [2.45, 2.75) is 38.3 Å². The van der Waals surface area contributed by atoms with E-state index in [1.807, 2.05) is 11.9 Å². The van der Waals surface area contributed by atoms with Crippen LogP contribution in [0.25, 0.3) is 0 Å². The first-order chi connectivity index (χ1) is 6.20. The van der Waals surface area contributed by atoms with Crippen molar-refractivity contribution in [1.82, 2.24) is 4.90 Å². The highest BCUT2D eigenvalue weighted by atomic mass is 16.5. The van der Waals surface area contributed by atoms with Crippen molar-refractivity contribution in [2.24, 2.45) is 5.92 Å². The van der Waals surface area contributed by atoms with Gasteiger partial charge in [-0.2, -0.15) is 0 Å². The molecule has 1 aliphatic carbocycles. The molecule has 2 aliphatic rings. The molecule has 1 saturated heterocycles. The summed E-state index contributed by atoms with van der Waals surface area (Å²) in [5.41, 5.74) is 0. The van der Waals surface area contributed by atoms with E-state index >= 15 is 0 Å². The maximum absolute atomic E-state index is 11.8. The van der Waals surface area contributed by atoms with Crippen LogP contribution in [0.2, 0.25) is 0 Å². The first-order valence-corrected chi connectivity index (χ1v) is 5.08. The molecule has 0 radical (unpaired) electrons. The highest BCUT2D eigenvalue weighted by Gasteiger charge is 2.37. The van der Waals surface area contributed by atoms with Crippen molar-refractivity contribution in [3.05, 3.63) is 0 Å². The molecule has 0 bridgehead atoms. The van der Waals surface area contributed by atoms with E-state index in [0.717, 1.165) is 13.0 Å². The van der Waals surface area contributed by atoms with Gasteiger partial charge >= 0.3 is 0 Å². The maximum atomic E-state index is 11.8. The minimum absolute atomic E-state index is 0.161. The van der Waals surface area contributed by atoms with Crippen LogP contribution in [0.15, 0.2) is 0 Å². The fourth-order valence-corrected chi connectivity index (χ4v) is 1.85. The largest absolute Gasteiger partial charge is 0.368 e. The first-order valence-electron chi connectivity index (χ1n) is 5.08. The van der Waals surface area contributed by atoms with Crippen molar-refractivity contribution in [2.75, 3.05) is 13.7 Å². The van der Waals surface area contributed by atoms with E-state index in [0.29, 0.717) is 12.0 Å². The molecule has 13 heavy (non-hydrogen) atoms. The molecule has 74 valence electrons. The lowest BCUT2D eigenvalue weighted by atomic mass is 10.0. The lowest BCUT2D eigenvalue weighted by molar-refractivity contribution is -0.141. The molecule has 0 aromatic carbocycles. The van der Waals surface area contributed by atoms with Gasteiger partial charge in [0.05, 0.1) is 0 Å². The molecule has 1 heterocycles. The maximum Gasteiger partial charge on any atom is 0.251 e. The third-order valence-electron chi connectivity index (χ3n) is 3.07. The molecule has 1 aliphatic heterocycles. The second kappa shape index (κ2) is 3.29. The van der Waals surface area contributed by atoms with E-state index in [4.69, 9.17) is 4.74 Å². The number of carbonyl (C=O) groups is 1.